The van der Waals surface area contributed by atoms with Crippen molar-refractivity contribution < 1.29 is 24.4 Å². The average Bonchev–Trinajstić information content (AvgIpc) is 2.29. The summed E-state index contributed by atoms with van der Waals surface area (Å²) in [6, 6.07) is 3.67. The van der Waals surface area contributed by atoms with Crippen LogP contribution in [0.15, 0.2) is 18.2 Å². The van der Waals surface area contributed by atoms with E-state index < -0.39 is 16.8 Å². The standard InChI is InChI=1S/C11H12N2O6/c1-7(14)12-9-6-8(13(17)18)2-3-10(9)19-5-4-11(15)16/h2-3,6H,4-5H2,1H3,(H,12,14)(H,15,16). The molecule has 8 heteroatoms. The molecular formula is C11H12N2O6. The molecule has 0 aliphatic rings. The minimum Gasteiger partial charge on any atom is -0.491 e. The molecule has 0 atom stereocenters. The molecule has 0 aliphatic heterocycles. The van der Waals surface area contributed by atoms with Crippen molar-refractivity contribution in [1.82, 2.24) is 0 Å². The van der Waals surface area contributed by atoms with Gasteiger partial charge in [0.05, 0.1) is 23.6 Å². The minimum atomic E-state index is -1.03. The molecule has 0 aromatic heterocycles. The summed E-state index contributed by atoms with van der Waals surface area (Å²) in [6.45, 7) is 1.15. The van der Waals surface area contributed by atoms with Crippen LogP contribution in [0.25, 0.3) is 0 Å². The number of carboxylic acids is 1. The zero-order chi connectivity index (χ0) is 14.4. The molecule has 0 fully saturated rings. The second-order valence-electron chi connectivity index (χ2n) is 3.61. The Morgan fingerprint density at radius 2 is 2.16 bits per heavy atom. The van der Waals surface area contributed by atoms with Crippen LogP contribution >= 0.6 is 0 Å². The number of ether oxygens (including phenoxy) is 1. The van der Waals surface area contributed by atoms with Gasteiger partial charge in [-0.25, -0.2) is 0 Å². The lowest BCUT2D eigenvalue weighted by Gasteiger charge is -2.10. The van der Waals surface area contributed by atoms with Crippen LogP contribution in [0.4, 0.5) is 11.4 Å². The largest absolute Gasteiger partial charge is 0.491 e. The Labute approximate surface area is 108 Å². The number of amides is 1. The number of rotatable bonds is 6. The zero-order valence-corrected chi connectivity index (χ0v) is 10.1. The Bertz CT molecular complexity index is 514. The quantitative estimate of drug-likeness (QED) is 0.594. The van der Waals surface area contributed by atoms with Crippen LogP contribution in [0.5, 0.6) is 5.75 Å². The normalized spacial score (nSPS) is 9.74. The van der Waals surface area contributed by atoms with Crippen LogP contribution in [-0.2, 0) is 9.59 Å². The number of nitro groups is 1. The van der Waals surface area contributed by atoms with Crippen molar-refractivity contribution >= 4 is 23.3 Å². The summed E-state index contributed by atoms with van der Waals surface area (Å²) in [5, 5.41) is 21.5. The van der Waals surface area contributed by atoms with Crippen LogP contribution in [0.3, 0.4) is 0 Å². The fourth-order valence-electron chi connectivity index (χ4n) is 1.29. The first-order chi connectivity index (χ1) is 8.90. The van der Waals surface area contributed by atoms with E-state index in [0.29, 0.717) is 0 Å². The summed E-state index contributed by atoms with van der Waals surface area (Å²) in [7, 11) is 0. The third-order valence-electron chi connectivity index (χ3n) is 2.06. The number of carboxylic acid groups (broad SMARTS) is 1. The fourth-order valence-corrected chi connectivity index (χ4v) is 1.29. The highest BCUT2D eigenvalue weighted by atomic mass is 16.6. The van der Waals surface area contributed by atoms with E-state index in [1.807, 2.05) is 0 Å². The average molecular weight is 268 g/mol. The number of nitrogens with zero attached hydrogens (tertiary/aromatic N) is 1. The molecule has 0 bridgehead atoms. The van der Waals surface area contributed by atoms with Crippen molar-refractivity contribution in [2.75, 3.05) is 11.9 Å². The summed E-state index contributed by atoms with van der Waals surface area (Å²) in [5.74, 6) is -1.26. The molecule has 19 heavy (non-hydrogen) atoms. The number of carbonyl (C=O) groups is 2. The molecule has 0 spiro atoms. The highest BCUT2D eigenvalue weighted by Gasteiger charge is 2.13. The summed E-state index contributed by atoms with van der Waals surface area (Å²) < 4.78 is 5.17. The first kappa shape index (κ1) is 14.4. The van der Waals surface area contributed by atoms with Crippen LogP contribution in [0.1, 0.15) is 13.3 Å². The lowest BCUT2D eigenvalue weighted by Crippen LogP contribution is -2.10. The molecule has 1 aromatic carbocycles. The molecule has 1 amide bonds. The summed E-state index contributed by atoms with van der Waals surface area (Å²) >= 11 is 0. The topological polar surface area (TPSA) is 119 Å². The van der Waals surface area contributed by atoms with Crippen LogP contribution in [-0.4, -0.2) is 28.5 Å². The molecule has 0 saturated heterocycles. The van der Waals surface area contributed by atoms with Crippen LogP contribution < -0.4 is 10.1 Å². The highest BCUT2D eigenvalue weighted by Crippen LogP contribution is 2.29. The molecule has 102 valence electrons. The third-order valence-corrected chi connectivity index (χ3v) is 2.06. The number of nitrogens with one attached hydrogen (secondary N) is 1. The van der Waals surface area contributed by atoms with Crippen molar-refractivity contribution in [3.8, 4) is 5.75 Å². The fraction of sp³-hybridized carbons (Fsp3) is 0.273. The lowest BCUT2D eigenvalue weighted by atomic mass is 10.2. The molecule has 0 unspecified atom stereocenters. The highest BCUT2D eigenvalue weighted by molar-refractivity contribution is 5.90. The number of nitro benzene ring substituents is 1. The van der Waals surface area contributed by atoms with Gasteiger partial charge in [0, 0.05) is 19.1 Å². The Hall–Kier alpha value is -2.64. The van der Waals surface area contributed by atoms with Crippen molar-refractivity contribution in [3.63, 3.8) is 0 Å². The van der Waals surface area contributed by atoms with Gasteiger partial charge in [-0.15, -0.1) is 0 Å². The number of hydrogen-bond acceptors (Lipinski definition) is 5. The summed E-state index contributed by atoms with van der Waals surface area (Å²) in [4.78, 5) is 31.4. The maximum Gasteiger partial charge on any atom is 0.306 e. The molecular weight excluding hydrogens is 256 g/mol. The second-order valence-corrected chi connectivity index (χ2v) is 3.61. The zero-order valence-electron chi connectivity index (χ0n) is 10.1. The first-order valence-corrected chi connectivity index (χ1v) is 5.30. The van der Waals surface area contributed by atoms with E-state index in [2.05, 4.69) is 5.32 Å². The van der Waals surface area contributed by atoms with E-state index in [9.17, 15) is 19.7 Å². The molecule has 0 radical (unpaired) electrons. The van der Waals surface area contributed by atoms with Gasteiger partial charge in [0.25, 0.3) is 5.69 Å². The van der Waals surface area contributed by atoms with E-state index in [-0.39, 0.29) is 30.2 Å². The smallest absolute Gasteiger partial charge is 0.306 e. The molecule has 2 N–H and O–H groups in total. The third kappa shape index (κ3) is 4.62. The Kier molecular flexibility index (Phi) is 4.81. The van der Waals surface area contributed by atoms with Gasteiger partial charge in [0.2, 0.25) is 5.91 Å². The lowest BCUT2D eigenvalue weighted by molar-refractivity contribution is -0.384. The second kappa shape index (κ2) is 6.34. The van der Waals surface area contributed by atoms with Gasteiger partial charge >= 0.3 is 5.97 Å². The van der Waals surface area contributed by atoms with Crippen molar-refractivity contribution in [3.05, 3.63) is 28.3 Å². The van der Waals surface area contributed by atoms with Gasteiger partial charge in [0.15, 0.2) is 0 Å². The molecule has 8 nitrogen and oxygen atoms in total. The van der Waals surface area contributed by atoms with Gasteiger partial charge in [0.1, 0.15) is 5.75 Å². The van der Waals surface area contributed by atoms with Crippen molar-refractivity contribution in [2.24, 2.45) is 0 Å². The van der Waals surface area contributed by atoms with Gasteiger partial charge in [-0.2, -0.15) is 0 Å². The number of hydrogen-bond donors (Lipinski definition) is 2. The number of benzene rings is 1. The Morgan fingerprint density at radius 3 is 2.68 bits per heavy atom. The van der Waals surface area contributed by atoms with E-state index >= 15 is 0 Å². The molecule has 1 aromatic rings. The summed E-state index contributed by atoms with van der Waals surface area (Å²) in [5.41, 5.74) is -0.0681. The van der Waals surface area contributed by atoms with Gasteiger partial charge in [-0.05, 0) is 6.07 Å². The van der Waals surface area contributed by atoms with E-state index in [4.69, 9.17) is 9.84 Å². The Morgan fingerprint density at radius 1 is 1.47 bits per heavy atom. The van der Waals surface area contributed by atoms with Crippen molar-refractivity contribution in [2.45, 2.75) is 13.3 Å². The molecule has 0 heterocycles. The predicted octanol–water partition coefficient (Wildman–Crippen LogP) is 1.41. The number of aliphatic carboxylic acids is 1. The van der Waals surface area contributed by atoms with Crippen LogP contribution in [0.2, 0.25) is 0 Å². The van der Waals surface area contributed by atoms with Crippen molar-refractivity contribution in [1.29, 1.82) is 0 Å². The molecule has 0 aliphatic carbocycles. The van der Waals surface area contributed by atoms with E-state index in [1.54, 1.807) is 0 Å². The van der Waals surface area contributed by atoms with Gasteiger partial charge in [-0.3, -0.25) is 19.7 Å². The summed E-state index contributed by atoms with van der Waals surface area (Å²) in [6.07, 6.45) is -0.212. The maximum atomic E-state index is 11.0. The monoisotopic (exact) mass is 268 g/mol. The minimum absolute atomic E-state index is 0.0975. The number of carbonyl (C=O) groups excluding carboxylic acids is 1. The number of anilines is 1. The van der Waals surface area contributed by atoms with E-state index in [0.717, 1.165) is 6.07 Å². The SMILES string of the molecule is CC(=O)Nc1cc([N+](=O)[O-])ccc1OCCC(=O)O. The molecule has 1 rings (SSSR count). The van der Waals surface area contributed by atoms with Gasteiger partial charge < -0.3 is 15.2 Å². The Balaban J connectivity index is 2.91. The van der Waals surface area contributed by atoms with Crippen LogP contribution in [0, 0.1) is 10.1 Å². The maximum absolute atomic E-state index is 11.0. The van der Waals surface area contributed by atoms with E-state index in [1.165, 1.54) is 19.1 Å². The van der Waals surface area contributed by atoms with Gasteiger partial charge in [-0.1, -0.05) is 0 Å². The molecule has 0 saturated carbocycles. The number of non-ortho nitro benzene ring substituents is 1. The first-order valence-electron chi connectivity index (χ1n) is 5.30. The predicted molar refractivity (Wildman–Crippen MR) is 65.1 cm³/mol.